The van der Waals surface area contributed by atoms with Gasteiger partial charge >= 0.3 is 18.2 Å². The molecule has 0 radical (unpaired) electrons. The molecule has 0 aliphatic carbocycles. The molecular formula is C9H7BrF7NO. The van der Waals surface area contributed by atoms with E-state index in [0.717, 1.165) is 6.08 Å². The van der Waals surface area contributed by atoms with Gasteiger partial charge in [0.05, 0.1) is 4.61 Å². The van der Waals surface area contributed by atoms with Gasteiger partial charge in [-0.3, -0.25) is 0 Å². The third kappa shape index (κ3) is 3.34. The molecule has 10 heteroatoms. The molecule has 1 rings (SSSR count). The third-order valence-corrected chi connectivity index (χ3v) is 2.51. The molecule has 19 heavy (non-hydrogen) atoms. The van der Waals surface area contributed by atoms with Crippen molar-refractivity contribution < 1.29 is 35.5 Å². The lowest BCUT2D eigenvalue weighted by atomic mass is 10.1. The maximum atomic E-state index is 13.3. The molecule has 1 atom stereocenters. The second-order valence-corrected chi connectivity index (χ2v) is 4.58. The minimum absolute atomic E-state index is 0.0733. The average Bonchev–Trinajstić information content (AvgIpc) is 2.11. The first-order chi connectivity index (χ1) is 8.37. The number of rotatable bonds is 2. The highest BCUT2D eigenvalue weighted by atomic mass is 79.9. The number of ether oxygens (including phenoxy) is 1. The second-order valence-electron chi connectivity index (χ2n) is 3.72. The highest BCUT2D eigenvalue weighted by molar-refractivity contribution is 9.11. The van der Waals surface area contributed by atoms with E-state index in [1.54, 1.807) is 0 Å². The summed E-state index contributed by atoms with van der Waals surface area (Å²) >= 11 is 2.82. The van der Waals surface area contributed by atoms with Crippen LogP contribution in [0.4, 0.5) is 30.7 Å². The Bertz CT molecular complexity index is 398. The number of dihydropyridines is 1. The first-order valence-electron chi connectivity index (χ1n) is 4.74. The molecule has 0 aromatic rings. The summed E-state index contributed by atoms with van der Waals surface area (Å²) in [6.45, 7) is 1.46. The maximum absolute atomic E-state index is 13.3. The van der Waals surface area contributed by atoms with Gasteiger partial charge in [-0.1, -0.05) is 6.92 Å². The number of nitrogens with one attached hydrogen (secondary N) is 1. The van der Waals surface area contributed by atoms with Crippen LogP contribution in [0.5, 0.6) is 0 Å². The summed E-state index contributed by atoms with van der Waals surface area (Å²) in [6, 6.07) is 0. The summed E-state index contributed by atoms with van der Waals surface area (Å²) in [5.41, 5.74) is 0. The van der Waals surface area contributed by atoms with Crippen LogP contribution in [0.1, 0.15) is 6.92 Å². The monoisotopic (exact) mass is 357 g/mol. The van der Waals surface area contributed by atoms with Crippen LogP contribution in [0, 0.1) is 5.92 Å². The molecule has 1 N–H and O–H groups in total. The average molecular weight is 358 g/mol. The van der Waals surface area contributed by atoms with Crippen molar-refractivity contribution in [3.63, 3.8) is 0 Å². The molecule has 1 aliphatic rings. The number of halogens is 8. The molecule has 2 nitrogen and oxygen atoms in total. The number of allylic oxidation sites excluding steroid dienone is 2. The van der Waals surface area contributed by atoms with Crippen molar-refractivity contribution >= 4 is 15.9 Å². The summed E-state index contributed by atoms with van der Waals surface area (Å²) < 4.78 is 90.3. The van der Waals surface area contributed by atoms with Crippen LogP contribution in [-0.4, -0.2) is 18.2 Å². The summed E-state index contributed by atoms with van der Waals surface area (Å²) in [4.78, 5) is 0. The molecule has 1 aliphatic heterocycles. The highest BCUT2D eigenvalue weighted by Gasteiger charge is 2.76. The molecule has 0 saturated heterocycles. The van der Waals surface area contributed by atoms with Crippen molar-refractivity contribution in [2.75, 3.05) is 0 Å². The maximum Gasteiger partial charge on any atom is 0.470 e. The highest BCUT2D eigenvalue weighted by Crippen LogP contribution is 2.48. The van der Waals surface area contributed by atoms with Gasteiger partial charge in [-0.05, 0) is 28.1 Å². The quantitative estimate of drug-likeness (QED) is 0.593. The molecule has 0 aromatic heterocycles. The van der Waals surface area contributed by atoms with Gasteiger partial charge < -0.3 is 10.1 Å². The zero-order valence-electron chi connectivity index (χ0n) is 9.16. The van der Waals surface area contributed by atoms with Gasteiger partial charge in [0.15, 0.2) is 5.88 Å². The molecule has 0 aromatic carbocycles. The van der Waals surface area contributed by atoms with Crippen LogP contribution in [0.3, 0.4) is 0 Å². The molecule has 0 amide bonds. The Morgan fingerprint density at radius 3 is 1.89 bits per heavy atom. The van der Waals surface area contributed by atoms with Crippen molar-refractivity contribution in [1.82, 2.24) is 5.32 Å². The van der Waals surface area contributed by atoms with E-state index in [-0.39, 0.29) is 4.61 Å². The van der Waals surface area contributed by atoms with Gasteiger partial charge in [-0.2, -0.15) is 30.7 Å². The fourth-order valence-corrected chi connectivity index (χ4v) is 1.82. The van der Waals surface area contributed by atoms with E-state index in [1.165, 1.54) is 13.0 Å². The van der Waals surface area contributed by atoms with E-state index in [2.05, 4.69) is 20.7 Å². The predicted octanol–water partition coefficient (Wildman–Crippen LogP) is 4.11. The van der Waals surface area contributed by atoms with Gasteiger partial charge in [-0.15, -0.1) is 0 Å². The normalized spacial score (nSPS) is 21.4. The Labute approximate surface area is 111 Å². The minimum atomic E-state index is -6.26. The second kappa shape index (κ2) is 4.88. The molecule has 110 valence electrons. The number of hydrogen-bond acceptors (Lipinski definition) is 2. The summed E-state index contributed by atoms with van der Waals surface area (Å²) in [5.74, 6) is -7.28. The Hall–Kier alpha value is -0.930. The first-order valence-corrected chi connectivity index (χ1v) is 5.53. The van der Waals surface area contributed by atoms with Gasteiger partial charge in [0.2, 0.25) is 0 Å². The summed E-state index contributed by atoms with van der Waals surface area (Å²) in [6.07, 6.45) is -10.2. The van der Waals surface area contributed by atoms with Crippen LogP contribution in [-0.2, 0) is 4.74 Å². The molecule has 1 unspecified atom stereocenters. The lowest BCUT2D eigenvalue weighted by Gasteiger charge is -2.32. The van der Waals surface area contributed by atoms with Gasteiger partial charge in [0, 0.05) is 5.92 Å². The Kier molecular flexibility index (Phi) is 4.14. The van der Waals surface area contributed by atoms with Gasteiger partial charge in [0.1, 0.15) is 0 Å². The molecule has 0 saturated carbocycles. The van der Waals surface area contributed by atoms with E-state index in [4.69, 9.17) is 0 Å². The topological polar surface area (TPSA) is 21.3 Å². The standard InChI is InChI=1S/C9H7BrF7NO/c1-4-2-5(10)18-6(3-4)19-7(11,8(12,13)14)9(15,16)17/h2-4,18H,1H3. The van der Waals surface area contributed by atoms with Crippen LogP contribution in [0.2, 0.25) is 0 Å². The summed E-state index contributed by atoms with van der Waals surface area (Å²) in [5, 5.41) is 2.02. The number of hydrogen-bond donors (Lipinski definition) is 1. The Morgan fingerprint density at radius 2 is 1.53 bits per heavy atom. The van der Waals surface area contributed by atoms with Crippen molar-refractivity contribution in [3.05, 3.63) is 22.6 Å². The van der Waals surface area contributed by atoms with Crippen LogP contribution in [0.25, 0.3) is 0 Å². The van der Waals surface area contributed by atoms with Gasteiger partial charge in [-0.25, -0.2) is 0 Å². The van der Waals surface area contributed by atoms with E-state index < -0.39 is 30.0 Å². The van der Waals surface area contributed by atoms with Crippen LogP contribution in [0.15, 0.2) is 22.6 Å². The van der Waals surface area contributed by atoms with Crippen molar-refractivity contribution in [3.8, 4) is 0 Å². The molecule has 1 heterocycles. The van der Waals surface area contributed by atoms with E-state index >= 15 is 0 Å². The predicted molar refractivity (Wildman–Crippen MR) is 54.4 cm³/mol. The lowest BCUT2D eigenvalue weighted by Crippen LogP contribution is -2.55. The van der Waals surface area contributed by atoms with E-state index in [0.29, 0.717) is 0 Å². The summed E-state index contributed by atoms with van der Waals surface area (Å²) in [7, 11) is 0. The Balaban J connectivity index is 3.05. The van der Waals surface area contributed by atoms with Crippen molar-refractivity contribution in [2.24, 2.45) is 5.92 Å². The molecule has 0 spiro atoms. The number of alkyl halides is 7. The lowest BCUT2D eigenvalue weighted by molar-refractivity contribution is -0.421. The van der Waals surface area contributed by atoms with Gasteiger partial charge in [0.25, 0.3) is 0 Å². The molecular weight excluding hydrogens is 351 g/mol. The SMILES string of the molecule is CC1C=C(Br)NC(OC(F)(C(F)(F)F)C(F)(F)F)=C1. The first kappa shape index (κ1) is 16.1. The fraction of sp³-hybridized carbons (Fsp3) is 0.556. The zero-order chi connectivity index (χ0) is 15.1. The Morgan fingerprint density at radius 1 is 1.05 bits per heavy atom. The minimum Gasteiger partial charge on any atom is -0.428 e. The molecule has 0 bridgehead atoms. The molecule has 0 fully saturated rings. The van der Waals surface area contributed by atoms with Crippen molar-refractivity contribution in [2.45, 2.75) is 25.1 Å². The third-order valence-electron chi connectivity index (χ3n) is 2.05. The van der Waals surface area contributed by atoms with E-state index in [9.17, 15) is 30.7 Å². The van der Waals surface area contributed by atoms with E-state index in [1.807, 2.05) is 5.32 Å². The van der Waals surface area contributed by atoms with Crippen molar-refractivity contribution in [1.29, 1.82) is 0 Å². The van der Waals surface area contributed by atoms with Crippen LogP contribution < -0.4 is 5.32 Å². The zero-order valence-corrected chi connectivity index (χ0v) is 10.8. The van der Waals surface area contributed by atoms with Crippen LogP contribution >= 0.6 is 15.9 Å². The fourth-order valence-electron chi connectivity index (χ4n) is 1.21. The largest absolute Gasteiger partial charge is 0.470 e. The smallest absolute Gasteiger partial charge is 0.428 e.